The smallest absolute Gasteiger partial charge is 0.289 e. The van der Waals surface area contributed by atoms with E-state index in [1.54, 1.807) is 12.0 Å². The van der Waals surface area contributed by atoms with E-state index in [9.17, 15) is 14.7 Å². The average Bonchev–Trinajstić information content (AvgIpc) is 2.64. The topological polar surface area (TPSA) is 66.8 Å². The summed E-state index contributed by atoms with van der Waals surface area (Å²) in [5.41, 5.74) is 0.843. The maximum atomic E-state index is 12.4. The van der Waals surface area contributed by atoms with Crippen LogP contribution in [0.4, 0.5) is 0 Å². The van der Waals surface area contributed by atoms with Crippen LogP contribution in [0.2, 0.25) is 0 Å². The molecule has 1 aromatic rings. The lowest BCUT2D eigenvalue weighted by molar-refractivity contribution is -0.202. The van der Waals surface area contributed by atoms with E-state index in [0.29, 0.717) is 38.8 Å². The summed E-state index contributed by atoms with van der Waals surface area (Å²) in [6, 6.07) is 9.72. The maximum Gasteiger partial charge on any atom is 0.289 e. The Morgan fingerprint density at radius 2 is 1.92 bits per heavy atom. The van der Waals surface area contributed by atoms with Gasteiger partial charge in [0.2, 0.25) is 5.78 Å². The highest BCUT2D eigenvalue weighted by atomic mass is 16.5. The van der Waals surface area contributed by atoms with Gasteiger partial charge in [-0.2, -0.15) is 0 Å². The number of ether oxygens (including phenoxy) is 1. The van der Waals surface area contributed by atoms with Crippen LogP contribution < -0.4 is 0 Å². The van der Waals surface area contributed by atoms with Crippen molar-refractivity contribution >= 4 is 11.7 Å². The molecule has 3 rings (SSSR count). The van der Waals surface area contributed by atoms with Gasteiger partial charge in [-0.3, -0.25) is 9.59 Å². The largest absolute Gasteiger partial charge is 0.392 e. The number of benzene rings is 1. The summed E-state index contributed by atoms with van der Waals surface area (Å²) in [4.78, 5) is 26.2. The van der Waals surface area contributed by atoms with Gasteiger partial charge >= 0.3 is 0 Å². The number of amides is 1. The van der Waals surface area contributed by atoms with E-state index in [-0.39, 0.29) is 35.7 Å². The zero-order valence-corrected chi connectivity index (χ0v) is 14.1. The number of aliphatic hydroxyl groups is 1. The molecule has 1 N–H and O–H groups in total. The second-order valence-electron chi connectivity index (χ2n) is 6.91. The van der Waals surface area contributed by atoms with Crippen LogP contribution in [0.15, 0.2) is 30.3 Å². The first kappa shape index (κ1) is 17.1. The van der Waals surface area contributed by atoms with Gasteiger partial charge in [0, 0.05) is 38.5 Å². The summed E-state index contributed by atoms with van der Waals surface area (Å²) >= 11 is 0. The standard InChI is InChI=1S/C19H25NO4/c1-24-17-13-16(22)19(17)9-11-20(12-10-19)18(23)15(21)8-7-14-5-3-2-4-6-14/h2-6,16-17,22H,7-13H2,1H3/t16-,17+/m1/s1. The Balaban J connectivity index is 1.51. The molecule has 1 saturated heterocycles. The van der Waals surface area contributed by atoms with Gasteiger partial charge < -0.3 is 14.7 Å². The van der Waals surface area contributed by atoms with Gasteiger partial charge in [-0.05, 0) is 24.8 Å². The van der Waals surface area contributed by atoms with Crippen molar-refractivity contribution in [2.24, 2.45) is 5.41 Å². The Bertz CT molecular complexity index is 593. The summed E-state index contributed by atoms with van der Waals surface area (Å²) in [7, 11) is 1.67. The van der Waals surface area contributed by atoms with Gasteiger partial charge in [-0.25, -0.2) is 0 Å². The highest BCUT2D eigenvalue weighted by Crippen LogP contribution is 2.50. The van der Waals surface area contributed by atoms with Gasteiger partial charge in [0.25, 0.3) is 5.91 Å². The first-order valence-corrected chi connectivity index (χ1v) is 8.64. The third kappa shape index (κ3) is 3.10. The van der Waals surface area contributed by atoms with E-state index in [4.69, 9.17) is 4.74 Å². The summed E-state index contributed by atoms with van der Waals surface area (Å²) in [5.74, 6) is -0.712. The number of piperidine rings is 1. The first-order chi connectivity index (χ1) is 11.6. The van der Waals surface area contributed by atoms with Crippen LogP contribution >= 0.6 is 0 Å². The molecule has 2 aliphatic rings. The molecule has 1 amide bonds. The number of aliphatic hydroxyl groups excluding tert-OH is 1. The summed E-state index contributed by atoms with van der Waals surface area (Å²) in [5, 5.41) is 10.1. The Hall–Kier alpha value is -1.72. The van der Waals surface area contributed by atoms with Gasteiger partial charge in [0.1, 0.15) is 0 Å². The molecule has 5 heteroatoms. The molecule has 130 valence electrons. The molecule has 2 fully saturated rings. The van der Waals surface area contributed by atoms with Crippen molar-refractivity contribution in [2.75, 3.05) is 20.2 Å². The minimum atomic E-state index is -0.386. The van der Waals surface area contributed by atoms with E-state index < -0.39 is 0 Å². The second kappa shape index (κ2) is 7.03. The first-order valence-electron chi connectivity index (χ1n) is 8.64. The fourth-order valence-corrected chi connectivity index (χ4v) is 4.02. The number of rotatable bonds is 5. The van der Waals surface area contributed by atoms with Crippen LogP contribution in [0, 0.1) is 5.41 Å². The molecule has 1 aliphatic heterocycles. The van der Waals surface area contributed by atoms with Crippen LogP contribution in [0.5, 0.6) is 0 Å². The van der Waals surface area contributed by atoms with Gasteiger partial charge in [0.15, 0.2) is 0 Å². The minimum Gasteiger partial charge on any atom is -0.392 e. The van der Waals surface area contributed by atoms with Crippen molar-refractivity contribution in [1.29, 1.82) is 0 Å². The van der Waals surface area contributed by atoms with E-state index in [2.05, 4.69) is 0 Å². The van der Waals surface area contributed by atoms with Crippen molar-refractivity contribution in [3.63, 3.8) is 0 Å². The summed E-state index contributed by atoms with van der Waals surface area (Å²) in [6.07, 6.45) is 2.61. The number of aryl methyl sites for hydroxylation is 1. The maximum absolute atomic E-state index is 12.4. The van der Waals surface area contributed by atoms with Gasteiger partial charge in [-0.15, -0.1) is 0 Å². The molecule has 1 saturated carbocycles. The number of carbonyl (C=O) groups excluding carboxylic acids is 2. The Kier molecular flexibility index (Phi) is 5.01. The Morgan fingerprint density at radius 3 is 2.50 bits per heavy atom. The zero-order chi connectivity index (χ0) is 17.2. The monoisotopic (exact) mass is 331 g/mol. The van der Waals surface area contributed by atoms with Gasteiger partial charge in [0.05, 0.1) is 12.2 Å². The molecule has 24 heavy (non-hydrogen) atoms. The van der Waals surface area contributed by atoms with Crippen LogP contribution in [-0.4, -0.2) is 54.1 Å². The third-order valence-corrected chi connectivity index (χ3v) is 5.73. The molecule has 5 nitrogen and oxygen atoms in total. The van der Waals surface area contributed by atoms with Crippen LogP contribution in [-0.2, 0) is 20.7 Å². The molecule has 1 heterocycles. The number of carbonyl (C=O) groups is 2. The SMILES string of the molecule is CO[C@H]1C[C@@H](O)C12CCN(C(=O)C(=O)CCc1ccccc1)CC2. The molecular weight excluding hydrogens is 306 g/mol. The van der Waals surface area contributed by atoms with E-state index in [1.165, 1.54) is 0 Å². The van der Waals surface area contributed by atoms with Crippen molar-refractivity contribution in [2.45, 2.75) is 44.3 Å². The normalized spacial score (nSPS) is 25.3. The number of hydrogen-bond acceptors (Lipinski definition) is 4. The lowest BCUT2D eigenvalue weighted by atomic mass is 9.58. The number of hydrogen-bond donors (Lipinski definition) is 1. The predicted octanol–water partition coefficient (Wildman–Crippen LogP) is 1.58. The number of Topliss-reactive ketones (excluding diaryl/α,β-unsaturated/α-hetero) is 1. The molecule has 0 radical (unpaired) electrons. The number of likely N-dealkylation sites (tertiary alicyclic amines) is 1. The summed E-state index contributed by atoms with van der Waals surface area (Å²) in [6.45, 7) is 1.04. The second-order valence-corrected chi connectivity index (χ2v) is 6.91. The Morgan fingerprint density at radius 1 is 1.25 bits per heavy atom. The molecule has 2 atom stereocenters. The van der Waals surface area contributed by atoms with Crippen LogP contribution in [0.3, 0.4) is 0 Å². The lowest BCUT2D eigenvalue weighted by Gasteiger charge is -2.56. The molecule has 1 spiro atoms. The number of methoxy groups -OCH3 is 1. The third-order valence-electron chi connectivity index (χ3n) is 5.73. The van der Waals surface area contributed by atoms with Crippen molar-refractivity contribution < 1.29 is 19.4 Å². The predicted molar refractivity (Wildman–Crippen MR) is 89.4 cm³/mol. The van der Waals surface area contributed by atoms with E-state index in [0.717, 1.165) is 5.56 Å². The van der Waals surface area contributed by atoms with Crippen LogP contribution in [0.25, 0.3) is 0 Å². The molecule has 0 unspecified atom stereocenters. The fourth-order valence-electron chi connectivity index (χ4n) is 4.02. The van der Waals surface area contributed by atoms with Crippen LogP contribution in [0.1, 0.15) is 31.2 Å². The van der Waals surface area contributed by atoms with Crippen molar-refractivity contribution in [3.8, 4) is 0 Å². The van der Waals surface area contributed by atoms with E-state index >= 15 is 0 Å². The lowest BCUT2D eigenvalue weighted by Crippen LogP contribution is -2.62. The summed E-state index contributed by atoms with van der Waals surface area (Å²) < 4.78 is 5.45. The average molecular weight is 331 g/mol. The molecule has 1 aromatic carbocycles. The highest BCUT2D eigenvalue weighted by molar-refractivity contribution is 6.36. The van der Waals surface area contributed by atoms with Crippen molar-refractivity contribution in [1.82, 2.24) is 4.90 Å². The zero-order valence-electron chi connectivity index (χ0n) is 14.1. The minimum absolute atomic E-state index is 0.0681. The molecule has 1 aliphatic carbocycles. The number of nitrogens with zero attached hydrogens (tertiary/aromatic N) is 1. The van der Waals surface area contributed by atoms with Gasteiger partial charge in [-0.1, -0.05) is 30.3 Å². The van der Waals surface area contributed by atoms with Crippen molar-refractivity contribution in [3.05, 3.63) is 35.9 Å². The highest BCUT2D eigenvalue weighted by Gasteiger charge is 2.56. The number of ketones is 1. The fraction of sp³-hybridized carbons (Fsp3) is 0.579. The Labute approximate surface area is 142 Å². The molecular formula is C19H25NO4. The quantitative estimate of drug-likeness (QED) is 0.832. The molecule has 0 bridgehead atoms. The molecule has 0 aromatic heterocycles. The van der Waals surface area contributed by atoms with E-state index in [1.807, 2.05) is 30.3 Å².